The minimum absolute atomic E-state index is 0.0577. The van der Waals surface area contributed by atoms with Crippen molar-refractivity contribution in [2.24, 2.45) is 0 Å². The number of rotatable bonds is 5. The third-order valence-electron chi connectivity index (χ3n) is 4.27. The molecule has 1 fully saturated rings. The molecule has 2 N–H and O–H groups in total. The summed E-state index contributed by atoms with van der Waals surface area (Å²) in [5, 5.41) is 12.0. The highest BCUT2D eigenvalue weighted by atomic mass is 79.9. The monoisotopic (exact) mass is 490 g/mol. The smallest absolute Gasteiger partial charge is 0.294 e. The van der Waals surface area contributed by atoms with Gasteiger partial charge in [0.15, 0.2) is 11.5 Å². The predicted molar refractivity (Wildman–Crippen MR) is 120 cm³/mol. The lowest BCUT2D eigenvalue weighted by Gasteiger charge is -2.13. The number of hydrogen-bond acceptors (Lipinski definition) is 6. The van der Waals surface area contributed by atoms with Gasteiger partial charge in [-0.2, -0.15) is 0 Å². The maximum Gasteiger partial charge on any atom is 0.294 e. The molecule has 156 valence electrons. The van der Waals surface area contributed by atoms with E-state index in [-0.39, 0.29) is 22.9 Å². The second kappa shape index (κ2) is 8.93. The number of nitrogens with one attached hydrogen (secondary N) is 1. The Morgan fingerprint density at radius 3 is 2.50 bits per heavy atom. The topological polar surface area (TPSA) is 95.9 Å². The number of carbonyl (C=O) groups excluding carboxylic acids is 3. The number of benzene rings is 2. The molecule has 2 aromatic carbocycles. The number of hydrogen-bond donors (Lipinski definition) is 2. The summed E-state index contributed by atoms with van der Waals surface area (Å²) in [5.41, 5.74) is 3.15. The van der Waals surface area contributed by atoms with Crippen molar-refractivity contribution >= 4 is 56.5 Å². The van der Waals surface area contributed by atoms with Crippen LogP contribution >= 0.6 is 27.7 Å². The van der Waals surface area contributed by atoms with Crippen LogP contribution in [0.1, 0.15) is 16.7 Å². The van der Waals surface area contributed by atoms with E-state index in [1.165, 1.54) is 19.3 Å². The van der Waals surface area contributed by atoms with Crippen LogP contribution in [-0.2, 0) is 9.59 Å². The fourth-order valence-electron chi connectivity index (χ4n) is 3.00. The van der Waals surface area contributed by atoms with Crippen molar-refractivity contribution in [3.8, 4) is 11.5 Å². The van der Waals surface area contributed by atoms with Crippen molar-refractivity contribution in [1.29, 1.82) is 0 Å². The van der Waals surface area contributed by atoms with Crippen LogP contribution in [0, 0.1) is 13.8 Å². The number of carbonyl (C=O) groups is 3. The van der Waals surface area contributed by atoms with Crippen molar-refractivity contribution in [3.05, 3.63) is 56.4 Å². The number of nitrogens with zero attached hydrogens (tertiary/aromatic N) is 1. The molecule has 0 aromatic heterocycles. The molecule has 1 aliphatic heterocycles. The predicted octanol–water partition coefficient (Wildman–Crippen LogP) is 4.46. The van der Waals surface area contributed by atoms with E-state index in [9.17, 15) is 19.5 Å². The molecule has 0 radical (unpaired) electrons. The van der Waals surface area contributed by atoms with Crippen LogP contribution in [0.5, 0.6) is 11.5 Å². The quantitative estimate of drug-likeness (QED) is 0.600. The molecule has 0 saturated carbocycles. The van der Waals surface area contributed by atoms with Gasteiger partial charge in [-0.15, -0.1) is 0 Å². The van der Waals surface area contributed by atoms with Crippen molar-refractivity contribution in [2.45, 2.75) is 13.8 Å². The summed E-state index contributed by atoms with van der Waals surface area (Å²) < 4.78 is 5.61. The van der Waals surface area contributed by atoms with Gasteiger partial charge >= 0.3 is 0 Å². The van der Waals surface area contributed by atoms with Crippen LogP contribution < -0.4 is 10.1 Å². The normalized spacial score (nSPS) is 15.1. The van der Waals surface area contributed by atoms with Gasteiger partial charge in [0.05, 0.1) is 12.0 Å². The molecule has 0 aliphatic carbocycles. The summed E-state index contributed by atoms with van der Waals surface area (Å²) in [6.45, 7) is 3.45. The third kappa shape index (κ3) is 4.85. The number of thioether (sulfide) groups is 1. The van der Waals surface area contributed by atoms with E-state index in [2.05, 4.69) is 21.2 Å². The zero-order chi connectivity index (χ0) is 22.0. The van der Waals surface area contributed by atoms with Gasteiger partial charge in [0.1, 0.15) is 6.54 Å². The highest BCUT2D eigenvalue weighted by molar-refractivity contribution is 9.10. The number of imide groups is 1. The van der Waals surface area contributed by atoms with Gasteiger partial charge in [-0.05, 0) is 72.6 Å². The van der Waals surface area contributed by atoms with E-state index in [0.29, 0.717) is 15.7 Å². The van der Waals surface area contributed by atoms with Crippen molar-refractivity contribution in [2.75, 3.05) is 19.0 Å². The zero-order valence-electron chi connectivity index (χ0n) is 16.5. The molecule has 30 heavy (non-hydrogen) atoms. The summed E-state index contributed by atoms with van der Waals surface area (Å²) in [6.07, 6.45) is 1.51. The Labute approximate surface area is 186 Å². The summed E-state index contributed by atoms with van der Waals surface area (Å²) in [6, 6.07) is 8.59. The zero-order valence-corrected chi connectivity index (χ0v) is 18.9. The van der Waals surface area contributed by atoms with Crippen LogP contribution in [0.25, 0.3) is 6.08 Å². The number of halogens is 1. The van der Waals surface area contributed by atoms with E-state index >= 15 is 0 Å². The van der Waals surface area contributed by atoms with Gasteiger partial charge in [0.25, 0.3) is 11.1 Å². The standard InChI is InChI=1S/C21H19BrN2O5S/c1-11-4-12(2)6-14(5-11)23-19(26)10-24-20(27)18(30-21(24)28)8-13-7-17(29-3)16(25)9-15(13)22/h4-9,25H,10H2,1-3H3,(H,23,26)/b18-8-. The van der Waals surface area contributed by atoms with Crippen LogP contribution in [0.2, 0.25) is 0 Å². The van der Waals surface area contributed by atoms with Crippen LogP contribution in [0.4, 0.5) is 10.5 Å². The SMILES string of the molecule is COc1cc(/C=C2\SC(=O)N(CC(=O)Nc3cc(C)cc(C)c3)C2=O)c(Br)cc1O. The average molecular weight is 491 g/mol. The number of methoxy groups -OCH3 is 1. The molecule has 3 amide bonds. The lowest BCUT2D eigenvalue weighted by atomic mass is 10.1. The molecule has 0 atom stereocenters. The molecule has 2 aromatic rings. The molecule has 1 heterocycles. The Morgan fingerprint density at radius 1 is 1.20 bits per heavy atom. The molecule has 0 bridgehead atoms. The van der Waals surface area contributed by atoms with E-state index in [1.807, 2.05) is 32.0 Å². The molecule has 1 aliphatic rings. The molecule has 7 nitrogen and oxygen atoms in total. The van der Waals surface area contributed by atoms with E-state index in [4.69, 9.17) is 4.74 Å². The van der Waals surface area contributed by atoms with E-state index < -0.39 is 17.1 Å². The first kappa shape index (κ1) is 21.9. The maximum atomic E-state index is 12.7. The highest BCUT2D eigenvalue weighted by Gasteiger charge is 2.36. The Hall–Kier alpha value is -2.78. The van der Waals surface area contributed by atoms with E-state index in [1.54, 1.807) is 6.07 Å². The lowest BCUT2D eigenvalue weighted by Crippen LogP contribution is -2.36. The lowest BCUT2D eigenvalue weighted by molar-refractivity contribution is -0.127. The molecule has 0 spiro atoms. The van der Waals surface area contributed by atoms with Crippen molar-refractivity contribution in [3.63, 3.8) is 0 Å². The van der Waals surface area contributed by atoms with Crippen LogP contribution in [-0.4, -0.2) is 40.7 Å². The number of aromatic hydroxyl groups is 1. The first-order chi connectivity index (χ1) is 14.2. The molecule has 1 saturated heterocycles. The Balaban J connectivity index is 1.76. The Morgan fingerprint density at radius 2 is 1.87 bits per heavy atom. The van der Waals surface area contributed by atoms with Gasteiger partial charge in [-0.1, -0.05) is 22.0 Å². The van der Waals surface area contributed by atoms with Gasteiger partial charge in [0.2, 0.25) is 5.91 Å². The second-order valence-electron chi connectivity index (χ2n) is 6.74. The van der Waals surface area contributed by atoms with Crippen LogP contribution in [0.3, 0.4) is 0 Å². The fraction of sp³-hybridized carbons (Fsp3) is 0.190. The van der Waals surface area contributed by atoms with Crippen LogP contribution in [0.15, 0.2) is 39.7 Å². The minimum atomic E-state index is -0.556. The first-order valence-corrected chi connectivity index (χ1v) is 10.5. The average Bonchev–Trinajstić information content (AvgIpc) is 2.90. The number of phenolic OH excluding ortho intramolecular Hbond substituents is 1. The third-order valence-corrected chi connectivity index (χ3v) is 5.86. The summed E-state index contributed by atoms with van der Waals surface area (Å²) in [4.78, 5) is 38.5. The van der Waals surface area contributed by atoms with Gasteiger partial charge in [0, 0.05) is 10.2 Å². The highest BCUT2D eigenvalue weighted by Crippen LogP contribution is 2.37. The second-order valence-corrected chi connectivity index (χ2v) is 8.59. The number of ether oxygens (including phenoxy) is 1. The molecular formula is C21H19BrN2O5S. The summed E-state index contributed by atoms with van der Waals surface area (Å²) in [7, 11) is 1.41. The number of anilines is 1. The molecular weight excluding hydrogens is 472 g/mol. The number of aryl methyl sites for hydroxylation is 2. The molecule has 0 unspecified atom stereocenters. The summed E-state index contributed by atoms with van der Waals surface area (Å²) in [5.74, 6) is -0.843. The molecule has 9 heteroatoms. The number of amides is 3. The van der Waals surface area contributed by atoms with E-state index in [0.717, 1.165) is 27.8 Å². The van der Waals surface area contributed by atoms with Gasteiger partial charge in [-0.25, -0.2) is 0 Å². The Kier molecular flexibility index (Phi) is 6.52. The van der Waals surface area contributed by atoms with Gasteiger partial charge in [-0.3, -0.25) is 19.3 Å². The number of phenols is 1. The Bertz CT molecular complexity index is 1060. The van der Waals surface area contributed by atoms with Crippen molar-refractivity contribution < 1.29 is 24.2 Å². The minimum Gasteiger partial charge on any atom is -0.504 e. The maximum absolute atomic E-state index is 12.7. The summed E-state index contributed by atoms with van der Waals surface area (Å²) >= 11 is 4.06. The molecule has 3 rings (SSSR count). The fourth-order valence-corrected chi connectivity index (χ4v) is 4.28. The van der Waals surface area contributed by atoms with Gasteiger partial charge < -0.3 is 15.2 Å². The van der Waals surface area contributed by atoms with Crippen molar-refractivity contribution in [1.82, 2.24) is 4.90 Å². The largest absolute Gasteiger partial charge is 0.504 e. The first-order valence-electron chi connectivity index (χ1n) is 8.88.